The molecule has 0 radical (unpaired) electrons. The Labute approximate surface area is 115 Å². The zero-order valence-corrected chi connectivity index (χ0v) is 11.0. The number of benzene rings is 1. The molecule has 1 aromatic rings. The monoisotopic (exact) mass is 285 g/mol. The van der Waals surface area contributed by atoms with Crippen molar-refractivity contribution in [3.8, 4) is 0 Å². The largest absolute Gasteiger partial charge is 0.379 e. The third-order valence-corrected chi connectivity index (χ3v) is 2.94. The maximum Gasteiger partial charge on any atom is 0.319 e. The highest BCUT2D eigenvalue weighted by molar-refractivity contribution is 5.89. The molecule has 110 valence electrons. The Morgan fingerprint density at radius 2 is 1.85 bits per heavy atom. The number of anilines is 1. The highest BCUT2D eigenvalue weighted by Crippen LogP contribution is 2.12. The molecule has 1 aliphatic rings. The van der Waals surface area contributed by atoms with Gasteiger partial charge in [0.1, 0.15) is 11.6 Å². The Hall–Kier alpha value is -1.73. The molecular weight excluding hydrogens is 268 g/mol. The van der Waals surface area contributed by atoms with E-state index in [2.05, 4.69) is 15.5 Å². The smallest absolute Gasteiger partial charge is 0.319 e. The van der Waals surface area contributed by atoms with Crippen molar-refractivity contribution in [3.05, 3.63) is 29.8 Å². The fraction of sp³-hybridized carbons (Fsp3) is 0.462. The zero-order chi connectivity index (χ0) is 14.4. The van der Waals surface area contributed by atoms with Gasteiger partial charge in [-0.05, 0) is 12.1 Å². The number of carbonyl (C=O) groups is 1. The number of amides is 2. The van der Waals surface area contributed by atoms with E-state index in [1.165, 1.54) is 0 Å². The number of nitrogens with one attached hydrogen (secondary N) is 2. The summed E-state index contributed by atoms with van der Waals surface area (Å²) < 4.78 is 31.1. The number of halogens is 2. The van der Waals surface area contributed by atoms with E-state index in [0.717, 1.165) is 31.3 Å². The minimum atomic E-state index is -0.728. The number of ether oxygens (including phenoxy) is 1. The lowest BCUT2D eigenvalue weighted by molar-refractivity contribution is 0.0388. The second-order valence-corrected chi connectivity index (χ2v) is 4.49. The van der Waals surface area contributed by atoms with Gasteiger partial charge in [0.25, 0.3) is 0 Å². The molecular formula is C13H17F2N3O2. The summed E-state index contributed by atoms with van der Waals surface area (Å²) in [5.41, 5.74) is 0.0892. The van der Waals surface area contributed by atoms with Gasteiger partial charge in [-0.25, -0.2) is 13.6 Å². The molecule has 0 aromatic heterocycles. The minimum Gasteiger partial charge on any atom is -0.379 e. The van der Waals surface area contributed by atoms with Gasteiger partial charge < -0.3 is 15.4 Å². The first-order valence-corrected chi connectivity index (χ1v) is 6.44. The van der Waals surface area contributed by atoms with Gasteiger partial charge in [-0.3, -0.25) is 4.90 Å². The Morgan fingerprint density at radius 3 is 2.50 bits per heavy atom. The average Bonchev–Trinajstić information content (AvgIpc) is 2.38. The lowest BCUT2D eigenvalue weighted by atomic mass is 10.3. The van der Waals surface area contributed by atoms with Gasteiger partial charge in [-0.1, -0.05) is 0 Å². The first-order chi connectivity index (χ1) is 9.63. The first-order valence-electron chi connectivity index (χ1n) is 6.44. The predicted molar refractivity (Wildman–Crippen MR) is 70.6 cm³/mol. The van der Waals surface area contributed by atoms with Crippen LogP contribution < -0.4 is 10.6 Å². The van der Waals surface area contributed by atoms with Gasteiger partial charge in [-0.2, -0.15) is 0 Å². The van der Waals surface area contributed by atoms with Crippen molar-refractivity contribution < 1.29 is 18.3 Å². The summed E-state index contributed by atoms with van der Waals surface area (Å²) in [5.74, 6) is -1.46. The van der Waals surface area contributed by atoms with E-state index < -0.39 is 17.7 Å². The molecule has 1 saturated heterocycles. The van der Waals surface area contributed by atoms with Crippen LogP contribution in [0.2, 0.25) is 0 Å². The van der Waals surface area contributed by atoms with Gasteiger partial charge in [0.15, 0.2) is 0 Å². The highest BCUT2D eigenvalue weighted by Gasteiger charge is 2.10. The van der Waals surface area contributed by atoms with E-state index in [9.17, 15) is 13.6 Å². The molecule has 1 fully saturated rings. The standard InChI is InChI=1S/C13H17F2N3O2/c14-10-7-11(15)9-12(8-10)17-13(19)16-1-2-18-3-5-20-6-4-18/h7-9H,1-6H2,(H2,16,17,19). The first kappa shape index (κ1) is 14.7. The molecule has 1 aromatic carbocycles. The second kappa shape index (κ2) is 7.16. The molecule has 0 bridgehead atoms. The molecule has 5 nitrogen and oxygen atoms in total. The van der Waals surface area contributed by atoms with Crippen LogP contribution in [0.1, 0.15) is 0 Å². The van der Waals surface area contributed by atoms with Crippen molar-refractivity contribution in [3.63, 3.8) is 0 Å². The van der Waals surface area contributed by atoms with Crippen LogP contribution in [-0.4, -0.2) is 50.3 Å². The summed E-state index contributed by atoms with van der Waals surface area (Å²) in [4.78, 5) is 13.7. The van der Waals surface area contributed by atoms with Crippen LogP contribution in [0, 0.1) is 11.6 Å². The average molecular weight is 285 g/mol. The number of rotatable bonds is 4. The number of carbonyl (C=O) groups excluding carboxylic acids is 1. The van der Waals surface area contributed by atoms with Crippen molar-refractivity contribution in [2.45, 2.75) is 0 Å². The Morgan fingerprint density at radius 1 is 1.20 bits per heavy atom. The molecule has 20 heavy (non-hydrogen) atoms. The van der Waals surface area contributed by atoms with Crippen molar-refractivity contribution in [2.24, 2.45) is 0 Å². The van der Waals surface area contributed by atoms with Gasteiger partial charge in [0.05, 0.1) is 13.2 Å². The maximum atomic E-state index is 12.9. The lowest BCUT2D eigenvalue weighted by Crippen LogP contribution is -2.42. The van der Waals surface area contributed by atoms with Gasteiger partial charge in [0, 0.05) is 37.9 Å². The van der Waals surface area contributed by atoms with Gasteiger partial charge in [0.2, 0.25) is 0 Å². The van der Waals surface area contributed by atoms with E-state index in [1.807, 2.05) is 0 Å². The quantitative estimate of drug-likeness (QED) is 0.879. The van der Waals surface area contributed by atoms with Crippen LogP contribution in [0.4, 0.5) is 19.3 Å². The Balaban J connectivity index is 1.72. The fourth-order valence-corrected chi connectivity index (χ4v) is 1.95. The van der Waals surface area contributed by atoms with E-state index in [0.29, 0.717) is 26.3 Å². The molecule has 1 heterocycles. The molecule has 2 rings (SSSR count). The molecule has 0 atom stereocenters. The number of hydrogen-bond acceptors (Lipinski definition) is 3. The van der Waals surface area contributed by atoms with E-state index in [-0.39, 0.29) is 5.69 Å². The zero-order valence-electron chi connectivity index (χ0n) is 11.0. The summed E-state index contributed by atoms with van der Waals surface area (Å²) in [7, 11) is 0. The molecule has 0 spiro atoms. The lowest BCUT2D eigenvalue weighted by Gasteiger charge is -2.26. The normalized spacial score (nSPS) is 15.9. The predicted octanol–water partition coefficient (Wildman–Crippen LogP) is 1.42. The van der Waals surface area contributed by atoms with E-state index in [4.69, 9.17) is 4.74 Å². The molecule has 1 aliphatic heterocycles. The molecule has 2 N–H and O–H groups in total. The number of hydrogen-bond donors (Lipinski definition) is 2. The summed E-state index contributed by atoms with van der Waals surface area (Å²) in [6.07, 6.45) is 0. The molecule has 7 heteroatoms. The van der Waals surface area contributed by atoms with Gasteiger partial charge in [-0.15, -0.1) is 0 Å². The molecule has 2 amide bonds. The third kappa shape index (κ3) is 4.75. The Kier molecular flexibility index (Phi) is 5.25. The van der Waals surface area contributed by atoms with Crippen LogP contribution >= 0.6 is 0 Å². The van der Waals surface area contributed by atoms with E-state index >= 15 is 0 Å². The second-order valence-electron chi connectivity index (χ2n) is 4.49. The number of urea groups is 1. The maximum absolute atomic E-state index is 12.9. The SMILES string of the molecule is O=C(NCCN1CCOCC1)Nc1cc(F)cc(F)c1. The van der Waals surface area contributed by atoms with Crippen LogP contribution in [0.15, 0.2) is 18.2 Å². The summed E-state index contributed by atoms with van der Waals surface area (Å²) in [6.45, 7) is 4.28. The highest BCUT2D eigenvalue weighted by atomic mass is 19.1. The van der Waals surface area contributed by atoms with Gasteiger partial charge >= 0.3 is 6.03 Å². The van der Waals surface area contributed by atoms with Crippen molar-refractivity contribution >= 4 is 11.7 Å². The minimum absolute atomic E-state index is 0.0892. The fourth-order valence-electron chi connectivity index (χ4n) is 1.95. The topological polar surface area (TPSA) is 53.6 Å². The molecule has 0 saturated carbocycles. The number of morpholine rings is 1. The number of nitrogens with zero attached hydrogens (tertiary/aromatic N) is 1. The molecule has 0 unspecified atom stereocenters. The van der Waals surface area contributed by atoms with E-state index in [1.54, 1.807) is 0 Å². The van der Waals surface area contributed by atoms with Crippen molar-refractivity contribution in [1.82, 2.24) is 10.2 Å². The summed E-state index contributed by atoms with van der Waals surface area (Å²) >= 11 is 0. The molecule has 0 aliphatic carbocycles. The summed E-state index contributed by atoms with van der Waals surface area (Å²) in [5, 5.41) is 5.03. The van der Waals surface area contributed by atoms with Crippen LogP contribution in [0.25, 0.3) is 0 Å². The summed E-state index contributed by atoms with van der Waals surface area (Å²) in [6, 6.07) is 2.39. The van der Waals surface area contributed by atoms with Crippen LogP contribution in [-0.2, 0) is 4.74 Å². The van der Waals surface area contributed by atoms with Crippen LogP contribution in [0.3, 0.4) is 0 Å². The van der Waals surface area contributed by atoms with Crippen molar-refractivity contribution in [2.75, 3.05) is 44.7 Å². The third-order valence-electron chi connectivity index (χ3n) is 2.94. The van der Waals surface area contributed by atoms with Crippen molar-refractivity contribution in [1.29, 1.82) is 0 Å². The Bertz CT molecular complexity index is 445. The van der Waals surface area contributed by atoms with Crippen LogP contribution in [0.5, 0.6) is 0 Å².